The molecule has 0 aliphatic carbocycles. The number of carbonyl (C=O) groups is 2. The van der Waals surface area contributed by atoms with Crippen molar-refractivity contribution in [2.45, 2.75) is 13.0 Å². The third kappa shape index (κ3) is 3.59. The lowest BCUT2D eigenvalue weighted by molar-refractivity contribution is -0.119. The van der Waals surface area contributed by atoms with E-state index in [1.54, 1.807) is 12.1 Å². The second-order valence-electron chi connectivity index (χ2n) is 5.79. The zero-order valence-corrected chi connectivity index (χ0v) is 13.5. The van der Waals surface area contributed by atoms with E-state index >= 15 is 0 Å². The summed E-state index contributed by atoms with van der Waals surface area (Å²) in [6, 6.07) is 4.57. The Balaban J connectivity index is 1.74. The van der Waals surface area contributed by atoms with Gasteiger partial charge in [-0.3, -0.25) is 9.69 Å². The van der Waals surface area contributed by atoms with Crippen molar-refractivity contribution >= 4 is 23.4 Å². The van der Waals surface area contributed by atoms with Gasteiger partial charge in [-0.15, -0.1) is 0 Å². The normalized spacial score (nSPS) is 20.9. The van der Waals surface area contributed by atoms with Gasteiger partial charge in [0.2, 0.25) is 5.91 Å². The summed E-state index contributed by atoms with van der Waals surface area (Å²) in [5.74, 6) is -0.510. The van der Waals surface area contributed by atoms with Gasteiger partial charge in [0.05, 0.1) is 32.0 Å². The summed E-state index contributed by atoms with van der Waals surface area (Å²) in [6.07, 6.45) is -0.914. The molecule has 0 radical (unpaired) electrons. The molecule has 7 nitrogen and oxygen atoms in total. The van der Waals surface area contributed by atoms with E-state index in [4.69, 9.17) is 9.47 Å². The van der Waals surface area contributed by atoms with Gasteiger partial charge in [-0.25, -0.2) is 9.18 Å². The molecular weight excluding hydrogens is 317 g/mol. The Labute approximate surface area is 139 Å². The summed E-state index contributed by atoms with van der Waals surface area (Å²) in [4.78, 5) is 26.4. The Morgan fingerprint density at radius 2 is 2.12 bits per heavy atom. The molecular formula is C16H20FN3O4. The van der Waals surface area contributed by atoms with Crippen molar-refractivity contribution in [1.29, 1.82) is 0 Å². The molecule has 0 bridgehead atoms. The Morgan fingerprint density at radius 1 is 1.38 bits per heavy atom. The standard InChI is InChI=1S/C16H20FN3O4/c1-11(21)18-9-13-10-20(16(22)24-13)12-2-3-14(17)15(8-12)19-4-6-23-7-5-19/h2-3,8,13H,4-7,9-10H2,1H3,(H,18,21)/t13-/m0/s1. The van der Waals surface area contributed by atoms with Gasteiger partial charge < -0.3 is 19.7 Å². The molecule has 0 spiro atoms. The van der Waals surface area contributed by atoms with Crippen LogP contribution in [0.3, 0.4) is 0 Å². The molecule has 1 aromatic rings. The summed E-state index contributed by atoms with van der Waals surface area (Å²) >= 11 is 0. The minimum absolute atomic E-state index is 0.180. The molecule has 2 heterocycles. The zero-order chi connectivity index (χ0) is 17.1. The predicted molar refractivity (Wildman–Crippen MR) is 85.7 cm³/mol. The number of nitrogens with one attached hydrogen (secondary N) is 1. The quantitative estimate of drug-likeness (QED) is 0.892. The number of anilines is 2. The van der Waals surface area contributed by atoms with Gasteiger partial charge in [0.1, 0.15) is 11.9 Å². The first kappa shape index (κ1) is 16.5. The molecule has 0 aromatic heterocycles. The van der Waals surface area contributed by atoms with Gasteiger partial charge in [0.15, 0.2) is 0 Å². The van der Waals surface area contributed by atoms with Gasteiger partial charge in [-0.1, -0.05) is 0 Å². The number of morpholine rings is 1. The molecule has 8 heteroatoms. The average Bonchev–Trinajstić information content (AvgIpc) is 2.95. The molecule has 130 valence electrons. The van der Waals surface area contributed by atoms with E-state index < -0.39 is 12.2 Å². The number of hydrogen-bond donors (Lipinski definition) is 1. The Bertz CT molecular complexity index is 634. The summed E-state index contributed by atoms with van der Waals surface area (Å²) in [6.45, 7) is 4.29. The number of amides is 2. The van der Waals surface area contributed by atoms with Gasteiger partial charge in [-0.05, 0) is 18.2 Å². The van der Waals surface area contributed by atoms with Crippen molar-refractivity contribution in [3.05, 3.63) is 24.0 Å². The minimum Gasteiger partial charge on any atom is -0.442 e. The largest absolute Gasteiger partial charge is 0.442 e. The highest BCUT2D eigenvalue weighted by atomic mass is 19.1. The number of rotatable bonds is 4. The molecule has 0 unspecified atom stereocenters. The van der Waals surface area contributed by atoms with E-state index in [-0.39, 0.29) is 18.3 Å². The molecule has 3 rings (SSSR count). The van der Waals surface area contributed by atoms with E-state index in [9.17, 15) is 14.0 Å². The highest BCUT2D eigenvalue weighted by Gasteiger charge is 2.33. The number of nitrogens with zero attached hydrogens (tertiary/aromatic N) is 2. The van der Waals surface area contributed by atoms with E-state index in [2.05, 4.69) is 5.32 Å². The lowest BCUT2D eigenvalue weighted by atomic mass is 10.2. The van der Waals surface area contributed by atoms with Crippen LogP contribution in [0.1, 0.15) is 6.92 Å². The Hall–Kier alpha value is -2.35. The maximum Gasteiger partial charge on any atom is 0.414 e. The van der Waals surface area contributed by atoms with Crippen molar-refractivity contribution in [3.63, 3.8) is 0 Å². The van der Waals surface area contributed by atoms with Crippen molar-refractivity contribution in [2.75, 3.05) is 49.2 Å². The second kappa shape index (κ2) is 7.04. The first-order valence-corrected chi connectivity index (χ1v) is 7.89. The number of cyclic esters (lactones) is 1. The third-order valence-corrected chi connectivity index (χ3v) is 4.05. The molecule has 1 N–H and O–H groups in total. The molecule has 0 saturated carbocycles. The predicted octanol–water partition coefficient (Wildman–Crippen LogP) is 1.12. The highest BCUT2D eigenvalue weighted by Crippen LogP contribution is 2.29. The van der Waals surface area contributed by atoms with Gasteiger partial charge in [-0.2, -0.15) is 0 Å². The van der Waals surface area contributed by atoms with E-state index in [1.807, 2.05) is 4.90 Å². The second-order valence-corrected chi connectivity index (χ2v) is 5.79. The molecule has 2 aliphatic rings. The number of carbonyl (C=O) groups excluding carboxylic acids is 2. The van der Waals surface area contributed by atoms with Gasteiger partial charge in [0, 0.05) is 25.7 Å². The fourth-order valence-corrected chi connectivity index (χ4v) is 2.81. The van der Waals surface area contributed by atoms with Crippen molar-refractivity contribution < 1.29 is 23.5 Å². The first-order chi connectivity index (χ1) is 11.5. The molecule has 2 aliphatic heterocycles. The molecule has 2 amide bonds. The molecule has 2 saturated heterocycles. The number of ether oxygens (including phenoxy) is 2. The molecule has 1 aromatic carbocycles. The average molecular weight is 337 g/mol. The minimum atomic E-state index is -0.495. The van der Waals surface area contributed by atoms with Crippen molar-refractivity contribution in [3.8, 4) is 0 Å². The smallest absolute Gasteiger partial charge is 0.414 e. The van der Waals surface area contributed by atoms with E-state index in [0.717, 1.165) is 0 Å². The summed E-state index contributed by atoms with van der Waals surface area (Å²) in [5.41, 5.74) is 1.03. The highest BCUT2D eigenvalue weighted by molar-refractivity contribution is 5.90. The van der Waals surface area contributed by atoms with Crippen molar-refractivity contribution in [1.82, 2.24) is 5.32 Å². The van der Waals surface area contributed by atoms with Crippen LogP contribution in [0.15, 0.2) is 18.2 Å². The lowest BCUT2D eigenvalue weighted by Crippen LogP contribution is -2.37. The van der Waals surface area contributed by atoms with E-state index in [1.165, 1.54) is 17.9 Å². The first-order valence-electron chi connectivity index (χ1n) is 7.89. The number of hydrogen-bond acceptors (Lipinski definition) is 5. The Morgan fingerprint density at radius 3 is 2.83 bits per heavy atom. The molecule has 2 fully saturated rings. The molecule has 1 atom stereocenters. The maximum atomic E-state index is 14.2. The van der Waals surface area contributed by atoms with Crippen LogP contribution in [0.5, 0.6) is 0 Å². The monoisotopic (exact) mass is 337 g/mol. The van der Waals surface area contributed by atoms with Crippen LogP contribution in [0.4, 0.5) is 20.6 Å². The van der Waals surface area contributed by atoms with Gasteiger partial charge >= 0.3 is 6.09 Å². The summed E-state index contributed by atoms with van der Waals surface area (Å²) in [5, 5.41) is 2.63. The van der Waals surface area contributed by atoms with Crippen LogP contribution in [0.25, 0.3) is 0 Å². The van der Waals surface area contributed by atoms with Crippen LogP contribution in [-0.2, 0) is 14.3 Å². The fraction of sp³-hybridized carbons (Fsp3) is 0.500. The van der Waals surface area contributed by atoms with Crippen LogP contribution in [0.2, 0.25) is 0 Å². The summed E-state index contributed by atoms with van der Waals surface area (Å²) in [7, 11) is 0. The molecule has 24 heavy (non-hydrogen) atoms. The Kier molecular flexibility index (Phi) is 4.84. The van der Waals surface area contributed by atoms with Crippen LogP contribution < -0.4 is 15.1 Å². The SMILES string of the molecule is CC(=O)NC[C@H]1CN(c2ccc(F)c(N3CCOCC3)c2)C(=O)O1. The number of halogens is 1. The van der Waals surface area contributed by atoms with Crippen LogP contribution >= 0.6 is 0 Å². The van der Waals surface area contributed by atoms with Crippen molar-refractivity contribution in [2.24, 2.45) is 0 Å². The fourth-order valence-electron chi connectivity index (χ4n) is 2.81. The summed E-state index contributed by atoms with van der Waals surface area (Å²) < 4.78 is 24.7. The maximum absolute atomic E-state index is 14.2. The van der Waals surface area contributed by atoms with E-state index in [0.29, 0.717) is 44.2 Å². The van der Waals surface area contributed by atoms with Gasteiger partial charge in [0.25, 0.3) is 0 Å². The third-order valence-electron chi connectivity index (χ3n) is 4.05. The van der Waals surface area contributed by atoms with Crippen LogP contribution in [0, 0.1) is 5.82 Å². The number of benzene rings is 1. The zero-order valence-electron chi connectivity index (χ0n) is 13.5. The lowest BCUT2D eigenvalue weighted by Gasteiger charge is -2.29. The topological polar surface area (TPSA) is 71.1 Å². The van der Waals surface area contributed by atoms with Crippen LogP contribution in [-0.4, -0.2) is 57.5 Å².